The lowest BCUT2D eigenvalue weighted by Crippen LogP contribution is -2.33. The summed E-state index contributed by atoms with van der Waals surface area (Å²) < 4.78 is 4.56. The third-order valence-electron chi connectivity index (χ3n) is 2.81. The van der Waals surface area contributed by atoms with Crippen molar-refractivity contribution in [3.8, 4) is 0 Å². The largest absolute Gasteiger partial charge is 0.244 e. The maximum Gasteiger partial charge on any atom is 0.244 e. The monoisotopic (exact) mass is 223 g/mol. The van der Waals surface area contributed by atoms with E-state index < -0.39 is 0 Å². The number of aromatic nitrogens is 2. The van der Waals surface area contributed by atoms with Gasteiger partial charge in [0.2, 0.25) is 6.33 Å². The minimum Gasteiger partial charge on any atom is -0.237 e. The van der Waals surface area contributed by atoms with Gasteiger partial charge in [-0.05, 0) is 39.0 Å². The van der Waals surface area contributed by atoms with Crippen molar-refractivity contribution < 1.29 is 4.57 Å². The lowest BCUT2D eigenvalue weighted by atomic mass is 9.91. The molecule has 1 rings (SSSR count). The Morgan fingerprint density at radius 1 is 1.06 bits per heavy atom. The zero-order valence-electron chi connectivity index (χ0n) is 11.7. The molecule has 0 amide bonds. The summed E-state index contributed by atoms with van der Waals surface area (Å²) in [7, 11) is 0. The number of hydrogen-bond donors (Lipinski definition) is 0. The van der Waals surface area contributed by atoms with Crippen molar-refractivity contribution in [1.29, 1.82) is 0 Å². The van der Waals surface area contributed by atoms with Crippen molar-refractivity contribution in [3.05, 3.63) is 18.7 Å². The van der Waals surface area contributed by atoms with E-state index in [1.165, 1.54) is 12.8 Å². The highest BCUT2D eigenvalue weighted by Gasteiger charge is 2.19. The zero-order valence-corrected chi connectivity index (χ0v) is 11.7. The van der Waals surface area contributed by atoms with E-state index in [1.54, 1.807) is 0 Å². The molecule has 16 heavy (non-hydrogen) atoms. The lowest BCUT2D eigenvalue weighted by molar-refractivity contribution is -0.697. The molecule has 2 heteroatoms. The molecule has 0 spiro atoms. The Bertz CT molecular complexity index is 323. The summed E-state index contributed by atoms with van der Waals surface area (Å²) in [6.45, 7) is 14.7. The van der Waals surface area contributed by atoms with E-state index in [9.17, 15) is 0 Å². The fraction of sp³-hybridized carbons (Fsp3) is 0.786. The van der Waals surface area contributed by atoms with Gasteiger partial charge in [-0.25, -0.2) is 9.13 Å². The maximum atomic E-state index is 2.30. The van der Waals surface area contributed by atoms with Gasteiger partial charge in [-0.15, -0.1) is 0 Å². The van der Waals surface area contributed by atoms with Crippen LogP contribution < -0.4 is 4.57 Å². The normalized spacial score (nSPS) is 13.1. The first kappa shape index (κ1) is 13.3. The average Bonchev–Trinajstić information content (AvgIpc) is 2.49. The van der Waals surface area contributed by atoms with Gasteiger partial charge in [0.1, 0.15) is 17.9 Å². The smallest absolute Gasteiger partial charge is 0.237 e. The SMILES string of the molecule is CC(C)(C)CCC[n+]1ccn(C(C)(C)C)c1. The molecule has 0 aliphatic heterocycles. The first-order valence-electron chi connectivity index (χ1n) is 6.26. The first-order valence-corrected chi connectivity index (χ1v) is 6.26. The molecule has 0 aliphatic rings. The molecular weight excluding hydrogens is 196 g/mol. The summed E-state index contributed by atoms with van der Waals surface area (Å²) in [5.74, 6) is 0. The Morgan fingerprint density at radius 3 is 2.12 bits per heavy atom. The van der Waals surface area contributed by atoms with Crippen molar-refractivity contribution >= 4 is 0 Å². The van der Waals surface area contributed by atoms with Crippen LogP contribution in [0.4, 0.5) is 0 Å². The summed E-state index contributed by atoms with van der Waals surface area (Å²) in [6, 6.07) is 0. The van der Waals surface area contributed by atoms with Crippen LogP contribution in [0.2, 0.25) is 0 Å². The molecule has 0 saturated carbocycles. The third kappa shape index (κ3) is 4.38. The molecule has 2 nitrogen and oxygen atoms in total. The van der Waals surface area contributed by atoms with Gasteiger partial charge in [0, 0.05) is 0 Å². The number of hydrogen-bond acceptors (Lipinski definition) is 0. The van der Waals surface area contributed by atoms with E-state index in [2.05, 4.69) is 69.4 Å². The molecule has 92 valence electrons. The maximum absolute atomic E-state index is 2.30. The Hall–Kier alpha value is -0.790. The van der Waals surface area contributed by atoms with Crippen molar-refractivity contribution in [1.82, 2.24) is 4.57 Å². The molecule has 0 aliphatic carbocycles. The average molecular weight is 223 g/mol. The van der Waals surface area contributed by atoms with Gasteiger partial charge >= 0.3 is 0 Å². The highest BCUT2D eigenvalue weighted by Crippen LogP contribution is 2.20. The second kappa shape index (κ2) is 4.60. The molecule has 0 atom stereocenters. The number of aryl methyl sites for hydroxylation is 1. The molecule has 1 aromatic heterocycles. The van der Waals surface area contributed by atoms with Gasteiger partial charge in [-0.2, -0.15) is 0 Å². The van der Waals surface area contributed by atoms with E-state index in [-0.39, 0.29) is 5.54 Å². The summed E-state index contributed by atoms with van der Waals surface area (Å²) in [5.41, 5.74) is 0.641. The van der Waals surface area contributed by atoms with E-state index >= 15 is 0 Å². The highest BCUT2D eigenvalue weighted by atomic mass is 15.1. The fourth-order valence-electron chi connectivity index (χ4n) is 1.72. The lowest BCUT2D eigenvalue weighted by Gasteiger charge is -2.16. The van der Waals surface area contributed by atoms with Crippen LogP contribution in [0.15, 0.2) is 18.7 Å². The second-order valence-electron chi connectivity index (χ2n) is 6.89. The van der Waals surface area contributed by atoms with Crippen molar-refractivity contribution in [2.75, 3.05) is 0 Å². The minimum absolute atomic E-state index is 0.190. The molecule has 0 aromatic carbocycles. The molecule has 0 N–H and O–H groups in total. The predicted octanol–water partition coefficient (Wildman–Crippen LogP) is 3.36. The predicted molar refractivity (Wildman–Crippen MR) is 68.3 cm³/mol. The molecule has 0 unspecified atom stereocenters. The van der Waals surface area contributed by atoms with Crippen LogP contribution in [0.5, 0.6) is 0 Å². The number of rotatable bonds is 3. The van der Waals surface area contributed by atoms with Crippen LogP contribution in [0.25, 0.3) is 0 Å². The van der Waals surface area contributed by atoms with Gasteiger partial charge < -0.3 is 0 Å². The Balaban J connectivity index is 2.48. The first-order chi connectivity index (χ1) is 7.18. The van der Waals surface area contributed by atoms with Gasteiger partial charge in [0.05, 0.1) is 6.54 Å². The number of nitrogens with zero attached hydrogens (tertiary/aromatic N) is 2. The van der Waals surface area contributed by atoms with Crippen LogP contribution in [0, 0.1) is 5.41 Å². The second-order valence-corrected chi connectivity index (χ2v) is 6.89. The molecule has 0 radical (unpaired) electrons. The van der Waals surface area contributed by atoms with Crippen LogP contribution in [0.1, 0.15) is 54.4 Å². The third-order valence-corrected chi connectivity index (χ3v) is 2.81. The molecule has 0 fully saturated rings. The molecule has 0 bridgehead atoms. The van der Waals surface area contributed by atoms with Gasteiger partial charge in [-0.3, -0.25) is 0 Å². The van der Waals surface area contributed by atoms with Crippen molar-refractivity contribution in [2.45, 2.75) is 66.5 Å². The molecule has 1 heterocycles. The molecule has 0 saturated heterocycles. The zero-order chi connectivity index (χ0) is 12.4. The Kier molecular flexibility index (Phi) is 3.82. The summed E-state index contributed by atoms with van der Waals surface area (Å²) in [6.07, 6.45) is 9.08. The van der Waals surface area contributed by atoms with E-state index in [0.29, 0.717) is 5.41 Å². The number of imidazole rings is 1. The quantitative estimate of drug-likeness (QED) is 0.695. The summed E-state index contributed by atoms with van der Waals surface area (Å²) >= 11 is 0. The Morgan fingerprint density at radius 2 is 1.69 bits per heavy atom. The molecule has 1 aromatic rings. The van der Waals surface area contributed by atoms with Crippen LogP contribution in [-0.2, 0) is 12.1 Å². The summed E-state index contributed by atoms with van der Waals surface area (Å²) in [4.78, 5) is 0. The van der Waals surface area contributed by atoms with Crippen LogP contribution in [-0.4, -0.2) is 4.57 Å². The van der Waals surface area contributed by atoms with Crippen LogP contribution >= 0.6 is 0 Å². The van der Waals surface area contributed by atoms with Gasteiger partial charge in [0.25, 0.3) is 0 Å². The highest BCUT2D eigenvalue weighted by molar-refractivity contribution is 4.78. The van der Waals surface area contributed by atoms with Crippen molar-refractivity contribution in [3.63, 3.8) is 0 Å². The van der Waals surface area contributed by atoms with E-state index in [1.807, 2.05) is 0 Å². The topological polar surface area (TPSA) is 8.81 Å². The minimum atomic E-state index is 0.190. The van der Waals surface area contributed by atoms with E-state index in [4.69, 9.17) is 0 Å². The fourth-order valence-corrected chi connectivity index (χ4v) is 1.72. The van der Waals surface area contributed by atoms with Crippen LogP contribution in [0.3, 0.4) is 0 Å². The Labute approximate surface area is 100 Å². The van der Waals surface area contributed by atoms with E-state index in [0.717, 1.165) is 6.54 Å². The van der Waals surface area contributed by atoms with Crippen molar-refractivity contribution in [2.24, 2.45) is 5.41 Å². The van der Waals surface area contributed by atoms with Gasteiger partial charge in [0.15, 0.2) is 0 Å². The standard InChI is InChI=1S/C14H27N2/c1-13(2,3)8-7-9-15-10-11-16(12-15)14(4,5)6/h10-12H,7-9H2,1-6H3/q+1. The summed E-state index contributed by atoms with van der Waals surface area (Å²) in [5, 5.41) is 0. The van der Waals surface area contributed by atoms with Gasteiger partial charge in [-0.1, -0.05) is 20.8 Å². The molecular formula is C14H27N2+.